The van der Waals surface area contributed by atoms with E-state index in [1.807, 2.05) is 48.2 Å². The van der Waals surface area contributed by atoms with E-state index >= 15 is 0 Å². The van der Waals surface area contributed by atoms with Gasteiger partial charge in [0.2, 0.25) is 5.91 Å². The Hall–Kier alpha value is -2.62. The van der Waals surface area contributed by atoms with Crippen molar-refractivity contribution < 1.29 is 9.59 Å². The summed E-state index contributed by atoms with van der Waals surface area (Å²) in [5.41, 5.74) is 3.28. The van der Waals surface area contributed by atoms with Crippen molar-refractivity contribution in [2.75, 3.05) is 18.4 Å². The Bertz CT molecular complexity index is 803. The molecule has 2 amide bonds. The molecule has 1 heterocycles. The number of nitrogens with one attached hydrogen (secondary N) is 1. The highest BCUT2D eigenvalue weighted by molar-refractivity contribution is 6.04. The molecule has 0 saturated carbocycles. The van der Waals surface area contributed by atoms with Crippen molar-refractivity contribution in [3.8, 4) is 0 Å². The third-order valence-corrected chi connectivity index (χ3v) is 5.07. The van der Waals surface area contributed by atoms with Crippen molar-refractivity contribution in [1.82, 2.24) is 4.90 Å². The van der Waals surface area contributed by atoms with E-state index in [9.17, 15) is 9.59 Å². The van der Waals surface area contributed by atoms with Crippen molar-refractivity contribution in [1.29, 1.82) is 0 Å². The van der Waals surface area contributed by atoms with Crippen LogP contribution in [-0.4, -0.2) is 29.8 Å². The predicted molar refractivity (Wildman–Crippen MR) is 109 cm³/mol. The van der Waals surface area contributed by atoms with Crippen LogP contribution in [0.5, 0.6) is 0 Å². The lowest BCUT2D eigenvalue weighted by molar-refractivity contribution is -0.115. The highest BCUT2D eigenvalue weighted by Crippen LogP contribution is 2.25. The van der Waals surface area contributed by atoms with Gasteiger partial charge < -0.3 is 10.2 Å². The Kier molecular flexibility index (Phi) is 5.94. The molecular weight excluding hydrogens is 336 g/mol. The molecule has 1 fully saturated rings. The van der Waals surface area contributed by atoms with E-state index in [0.29, 0.717) is 29.5 Å². The molecule has 4 heteroatoms. The zero-order chi connectivity index (χ0) is 19.4. The number of aryl methyl sites for hydroxylation is 1. The predicted octanol–water partition coefficient (Wildman–Crippen LogP) is 4.29. The summed E-state index contributed by atoms with van der Waals surface area (Å²) < 4.78 is 0. The summed E-state index contributed by atoms with van der Waals surface area (Å²) in [6.07, 6.45) is 1.44. The van der Waals surface area contributed by atoms with Gasteiger partial charge in [-0.1, -0.05) is 55.8 Å². The second kappa shape index (κ2) is 8.38. The number of hydrogen-bond donors (Lipinski definition) is 1. The lowest BCUT2D eigenvalue weighted by atomic mass is 9.91. The number of hydrogen-bond acceptors (Lipinski definition) is 2. The zero-order valence-electron chi connectivity index (χ0n) is 16.4. The summed E-state index contributed by atoms with van der Waals surface area (Å²) in [5.74, 6) is 0.890. The number of nitrogens with zero attached hydrogens (tertiary/aromatic N) is 1. The number of anilines is 1. The highest BCUT2D eigenvalue weighted by atomic mass is 16.2. The standard InChI is InChI=1S/C23H28N2O2/c1-16-8-10-19(11-9-16)13-22(26)24-21-7-5-4-6-20(21)23(27)25-14-17(2)12-18(3)15-25/h4-11,17-18H,12-15H2,1-3H3,(H,24,26). The van der Waals surface area contributed by atoms with Crippen molar-refractivity contribution in [2.45, 2.75) is 33.6 Å². The molecule has 0 spiro atoms. The molecule has 2 atom stereocenters. The molecule has 1 aliphatic rings. The number of rotatable bonds is 4. The molecule has 0 aromatic heterocycles. The van der Waals surface area contributed by atoms with Gasteiger partial charge in [0.1, 0.15) is 0 Å². The molecule has 27 heavy (non-hydrogen) atoms. The van der Waals surface area contributed by atoms with Crippen LogP contribution in [0, 0.1) is 18.8 Å². The average Bonchev–Trinajstić information content (AvgIpc) is 2.63. The first kappa shape index (κ1) is 19.2. The van der Waals surface area contributed by atoms with Gasteiger partial charge in [0, 0.05) is 13.1 Å². The number of benzene rings is 2. The van der Waals surface area contributed by atoms with Crippen LogP contribution >= 0.6 is 0 Å². The van der Waals surface area contributed by atoms with Crippen LogP contribution in [0.25, 0.3) is 0 Å². The van der Waals surface area contributed by atoms with Gasteiger partial charge in [0.05, 0.1) is 17.7 Å². The van der Waals surface area contributed by atoms with Crippen LogP contribution < -0.4 is 5.32 Å². The summed E-state index contributed by atoms with van der Waals surface area (Å²) >= 11 is 0. The fourth-order valence-corrected chi connectivity index (χ4v) is 3.86. The van der Waals surface area contributed by atoms with Crippen molar-refractivity contribution in [3.05, 3.63) is 65.2 Å². The van der Waals surface area contributed by atoms with Crippen LogP contribution in [0.4, 0.5) is 5.69 Å². The minimum atomic E-state index is -0.112. The van der Waals surface area contributed by atoms with Crippen LogP contribution in [0.15, 0.2) is 48.5 Å². The molecule has 0 bridgehead atoms. The number of carbonyl (C=O) groups excluding carboxylic acids is 2. The molecule has 1 saturated heterocycles. The second-order valence-electron chi connectivity index (χ2n) is 7.91. The maximum Gasteiger partial charge on any atom is 0.255 e. The Balaban J connectivity index is 1.72. The molecule has 1 N–H and O–H groups in total. The number of amides is 2. The molecule has 2 unspecified atom stereocenters. The molecule has 142 valence electrons. The smallest absolute Gasteiger partial charge is 0.255 e. The lowest BCUT2D eigenvalue weighted by Gasteiger charge is -2.35. The zero-order valence-corrected chi connectivity index (χ0v) is 16.4. The van der Waals surface area contributed by atoms with Gasteiger partial charge in [-0.2, -0.15) is 0 Å². The van der Waals surface area contributed by atoms with Gasteiger partial charge in [-0.15, -0.1) is 0 Å². The van der Waals surface area contributed by atoms with Gasteiger partial charge in [0.15, 0.2) is 0 Å². The topological polar surface area (TPSA) is 49.4 Å². The lowest BCUT2D eigenvalue weighted by Crippen LogP contribution is -2.42. The first-order valence-electron chi connectivity index (χ1n) is 9.66. The summed E-state index contributed by atoms with van der Waals surface area (Å²) in [4.78, 5) is 27.5. The molecule has 1 aliphatic heterocycles. The Morgan fingerprint density at radius 3 is 2.30 bits per heavy atom. The van der Waals surface area contributed by atoms with E-state index < -0.39 is 0 Å². The molecule has 4 nitrogen and oxygen atoms in total. The average molecular weight is 364 g/mol. The number of carbonyl (C=O) groups is 2. The van der Waals surface area contributed by atoms with Crippen molar-refractivity contribution in [2.24, 2.45) is 11.8 Å². The number of piperidine rings is 1. The molecule has 2 aromatic rings. The monoisotopic (exact) mass is 364 g/mol. The van der Waals surface area contributed by atoms with Crippen LogP contribution in [0.2, 0.25) is 0 Å². The SMILES string of the molecule is Cc1ccc(CC(=O)Nc2ccccc2C(=O)N2CC(C)CC(C)C2)cc1. The van der Waals surface area contributed by atoms with Gasteiger partial charge >= 0.3 is 0 Å². The van der Waals surface area contributed by atoms with E-state index in [1.54, 1.807) is 12.1 Å². The van der Waals surface area contributed by atoms with Crippen molar-refractivity contribution in [3.63, 3.8) is 0 Å². The molecular formula is C23H28N2O2. The van der Waals surface area contributed by atoms with Crippen LogP contribution in [0.3, 0.4) is 0 Å². The third-order valence-electron chi connectivity index (χ3n) is 5.07. The van der Waals surface area contributed by atoms with E-state index in [4.69, 9.17) is 0 Å². The van der Waals surface area contributed by atoms with Crippen LogP contribution in [-0.2, 0) is 11.2 Å². The fourth-order valence-electron chi connectivity index (χ4n) is 3.86. The summed E-state index contributed by atoms with van der Waals surface area (Å²) in [6.45, 7) is 7.94. The fraction of sp³-hybridized carbons (Fsp3) is 0.391. The maximum atomic E-state index is 13.1. The molecule has 3 rings (SSSR count). The Morgan fingerprint density at radius 2 is 1.63 bits per heavy atom. The van der Waals surface area contributed by atoms with Gasteiger partial charge in [-0.25, -0.2) is 0 Å². The molecule has 0 radical (unpaired) electrons. The van der Waals surface area contributed by atoms with Gasteiger partial charge in [-0.05, 0) is 42.9 Å². The minimum Gasteiger partial charge on any atom is -0.338 e. The quantitative estimate of drug-likeness (QED) is 0.880. The molecule has 0 aliphatic carbocycles. The maximum absolute atomic E-state index is 13.1. The largest absolute Gasteiger partial charge is 0.338 e. The Morgan fingerprint density at radius 1 is 1.00 bits per heavy atom. The van der Waals surface area contributed by atoms with Crippen molar-refractivity contribution >= 4 is 17.5 Å². The molecule has 2 aromatic carbocycles. The van der Waals surface area contributed by atoms with E-state index in [2.05, 4.69) is 19.2 Å². The van der Waals surface area contributed by atoms with Gasteiger partial charge in [-0.3, -0.25) is 9.59 Å². The summed E-state index contributed by atoms with van der Waals surface area (Å²) in [6, 6.07) is 15.2. The normalized spacial score (nSPS) is 19.6. The summed E-state index contributed by atoms with van der Waals surface area (Å²) in [7, 11) is 0. The highest BCUT2D eigenvalue weighted by Gasteiger charge is 2.27. The summed E-state index contributed by atoms with van der Waals surface area (Å²) in [5, 5.41) is 2.93. The van der Waals surface area contributed by atoms with E-state index in [-0.39, 0.29) is 11.8 Å². The number of para-hydroxylation sites is 1. The second-order valence-corrected chi connectivity index (χ2v) is 7.91. The first-order valence-corrected chi connectivity index (χ1v) is 9.66. The minimum absolute atomic E-state index is 0.000337. The third kappa shape index (κ3) is 4.97. The van der Waals surface area contributed by atoms with E-state index in [1.165, 1.54) is 5.56 Å². The van der Waals surface area contributed by atoms with Gasteiger partial charge in [0.25, 0.3) is 5.91 Å². The Labute approximate surface area is 161 Å². The first-order chi connectivity index (χ1) is 12.9. The number of likely N-dealkylation sites (tertiary alicyclic amines) is 1. The van der Waals surface area contributed by atoms with E-state index in [0.717, 1.165) is 25.1 Å². The van der Waals surface area contributed by atoms with Crippen LogP contribution in [0.1, 0.15) is 41.8 Å².